The highest BCUT2D eigenvalue weighted by Gasteiger charge is 2.07. The van der Waals surface area contributed by atoms with Crippen molar-refractivity contribution in [2.45, 2.75) is 47.1 Å². The smallest absolute Gasteiger partial charge is 0.221 e. The van der Waals surface area contributed by atoms with E-state index < -0.39 is 0 Å². The zero-order valence-electron chi connectivity index (χ0n) is 19.9. The number of nitrogens with one attached hydrogen (secondary N) is 2. The fourth-order valence-electron chi connectivity index (χ4n) is 3.24. The second-order valence-corrected chi connectivity index (χ2v) is 7.01. The van der Waals surface area contributed by atoms with E-state index in [0.717, 1.165) is 24.3 Å². The summed E-state index contributed by atoms with van der Waals surface area (Å²) in [5, 5.41) is 3.25. The van der Waals surface area contributed by atoms with Crippen LogP contribution in [0.4, 0.5) is 5.69 Å². The lowest BCUT2D eigenvalue weighted by Gasteiger charge is -2.15. The Morgan fingerprint density at radius 1 is 0.875 bits per heavy atom. The van der Waals surface area contributed by atoms with Crippen LogP contribution >= 0.6 is 0 Å². The second kappa shape index (κ2) is 15.5. The molecule has 172 valence electrons. The van der Waals surface area contributed by atoms with Crippen LogP contribution in [0.2, 0.25) is 0 Å². The first-order valence-corrected chi connectivity index (χ1v) is 11.0. The molecule has 0 saturated heterocycles. The van der Waals surface area contributed by atoms with Gasteiger partial charge < -0.3 is 10.1 Å². The number of nitrogens with two attached hydrogens (primary N) is 1. The number of benzene rings is 3. The first-order valence-electron chi connectivity index (χ1n) is 11.0. The number of carbonyl (C=O) groups is 1. The average Bonchev–Trinajstić information content (AvgIpc) is 2.84. The van der Waals surface area contributed by atoms with Gasteiger partial charge in [0.15, 0.2) is 0 Å². The van der Waals surface area contributed by atoms with Crippen LogP contribution in [0.3, 0.4) is 0 Å². The van der Waals surface area contributed by atoms with Gasteiger partial charge in [0, 0.05) is 18.3 Å². The first-order chi connectivity index (χ1) is 15.6. The molecule has 0 atom stereocenters. The van der Waals surface area contributed by atoms with Gasteiger partial charge in [0.05, 0.1) is 0 Å². The number of anilines is 1. The summed E-state index contributed by atoms with van der Waals surface area (Å²) in [4.78, 5) is 8.94. The van der Waals surface area contributed by atoms with Crippen LogP contribution in [0.5, 0.6) is 5.75 Å². The lowest BCUT2D eigenvalue weighted by molar-refractivity contribution is -0.109. The minimum Gasteiger partial charge on any atom is -0.489 e. The summed E-state index contributed by atoms with van der Waals surface area (Å²) in [5.41, 5.74) is 9.25. The van der Waals surface area contributed by atoms with Crippen LogP contribution in [0.15, 0.2) is 66.7 Å². The SMILES string of the molecule is CC.CNc1cccc(C)c1COc1ccc(CCc2ccccc2)cc1C.NNC=O. The molecule has 0 aromatic heterocycles. The maximum Gasteiger partial charge on any atom is 0.221 e. The van der Waals surface area contributed by atoms with Crippen molar-refractivity contribution in [1.29, 1.82) is 0 Å². The maximum absolute atomic E-state index is 8.94. The molecule has 3 rings (SSSR count). The number of carbonyl (C=O) groups excluding carboxylic acids is 1. The molecule has 0 aliphatic heterocycles. The number of rotatable bonds is 8. The van der Waals surface area contributed by atoms with Gasteiger partial charge in [0.25, 0.3) is 0 Å². The van der Waals surface area contributed by atoms with Crippen molar-refractivity contribution in [3.63, 3.8) is 0 Å². The molecule has 0 unspecified atom stereocenters. The zero-order valence-corrected chi connectivity index (χ0v) is 19.9. The highest BCUT2D eigenvalue weighted by molar-refractivity contribution is 5.54. The third kappa shape index (κ3) is 8.82. The minimum absolute atomic E-state index is 0.403. The summed E-state index contributed by atoms with van der Waals surface area (Å²) in [6.45, 7) is 8.82. The summed E-state index contributed by atoms with van der Waals surface area (Å²) < 4.78 is 6.12. The third-order valence-corrected chi connectivity index (χ3v) is 4.90. The minimum atomic E-state index is 0.403. The molecule has 0 spiro atoms. The van der Waals surface area contributed by atoms with Crippen molar-refractivity contribution >= 4 is 12.1 Å². The summed E-state index contributed by atoms with van der Waals surface area (Å²) in [6, 6.07) is 23.4. The lowest BCUT2D eigenvalue weighted by atomic mass is 10.0. The summed E-state index contributed by atoms with van der Waals surface area (Å²) in [7, 11) is 1.95. The molecule has 5 heteroatoms. The summed E-state index contributed by atoms with van der Waals surface area (Å²) >= 11 is 0. The van der Waals surface area contributed by atoms with Crippen molar-refractivity contribution in [2.75, 3.05) is 12.4 Å². The molecule has 0 bridgehead atoms. The Hall–Kier alpha value is -3.31. The van der Waals surface area contributed by atoms with Gasteiger partial charge in [-0.15, -0.1) is 0 Å². The van der Waals surface area contributed by atoms with E-state index in [1.807, 2.05) is 20.9 Å². The Kier molecular flexibility index (Phi) is 12.9. The third-order valence-electron chi connectivity index (χ3n) is 4.90. The fraction of sp³-hybridized carbons (Fsp3) is 0.296. The number of hydrazine groups is 1. The molecule has 1 amide bonds. The molecule has 0 radical (unpaired) electrons. The number of hydrogen-bond donors (Lipinski definition) is 3. The molecular weight excluding hydrogens is 398 g/mol. The van der Waals surface area contributed by atoms with Crippen molar-refractivity contribution in [3.05, 3.63) is 94.5 Å². The number of aryl methyl sites for hydroxylation is 4. The molecule has 3 aromatic rings. The van der Waals surface area contributed by atoms with E-state index in [0.29, 0.717) is 13.0 Å². The molecule has 3 aromatic carbocycles. The summed E-state index contributed by atoms with van der Waals surface area (Å²) in [5.74, 6) is 5.37. The predicted molar refractivity (Wildman–Crippen MR) is 135 cm³/mol. The molecule has 0 fully saturated rings. The van der Waals surface area contributed by atoms with Crippen molar-refractivity contribution < 1.29 is 9.53 Å². The van der Waals surface area contributed by atoms with Crippen LogP contribution in [-0.2, 0) is 24.2 Å². The van der Waals surface area contributed by atoms with E-state index in [4.69, 9.17) is 9.53 Å². The Bertz CT molecular complexity index is 927. The van der Waals surface area contributed by atoms with Gasteiger partial charge in [0.2, 0.25) is 6.41 Å². The monoisotopic (exact) mass is 435 g/mol. The van der Waals surface area contributed by atoms with E-state index >= 15 is 0 Å². The number of hydrogen-bond acceptors (Lipinski definition) is 4. The molecule has 0 saturated carbocycles. The predicted octanol–water partition coefficient (Wildman–Crippen LogP) is 5.34. The maximum atomic E-state index is 8.94. The molecule has 0 heterocycles. The van der Waals surface area contributed by atoms with Gasteiger partial charge >= 0.3 is 0 Å². The molecule has 0 aliphatic carbocycles. The van der Waals surface area contributed by atoms with Gasteiger partial charge in [0.1, 0.15) is 12.4 Å². The van der Waals surface area contributed by atoms with Gasteiger partial charge in [-0.05, 0) is 61.1 Å². The van der Waals surface area contributed by atoms with Crippen LogP contribution < -0.4 is 21.3 Å². The second-order valence-electron chi connectivity index (χ2n) is 7.01. The van der Waals surface area contributed by atoms with Gasteiger partial charge in [-0.25, -0.2) is 5.84 Å². The van der Waals surface area contributed by atoms with E-state index in [-0.39, 0.29) is 0 Å². The zero-order chi connectivity index (χ0) is 23.8. The van der Waals surface area contributed by atoms with Gasteiger partial charge in [-0.1, -0.05) is 68.4 Å². The van der Waals surface area contributed by atoms with Crippen molar-refractivity contribution in [3.8, 4) is 5.75 Å². The van der Waals surface area contributed by atoms with Crippen molar-refractivity contribution in [1.82, 2.24) is 5.43 Å². The molecule has 32 heavy (non-hydrogen) atoms. The summed E-state index contributed by atoms with van der Waals surface area (Å²) in [6.07, 6.45) is 2.52. The lowest BCUT2D eigenvalue weighted by Crippen LogP contribution is -2.18. The molecular formula is C27H37N3O2. The largest absolute Gasteiger partial charge is 0.489 e. The Labute approximate surface area is 193 Å². The van der Waals surface area contributed by atoms with Crippen LogP contribution in [0.1, 0.15) is 41.7 Å². The average molecular weight is 436 g/mol. The van der Waals surface area contributed by atoms with E-state index in [2.05, 4.69) is 91.7 Å². The van der Waals surface area contributed by atoms with E-state index in [1.165, 1.54) is 27.8 Å². The van der Waals surface area contributed by atoms with Gasteiger partial charge in [-0.2, -0.15) is 0 Å². The highest BCUT2D eigenvalue weighted by atomic mass is 16.5. The Morgan fingerprint density at radius 3 is 2.12 bits per heavy atom. The topological polar surface area (TPSA) is 76.4 Å². The number of ether oxygens (including phenoxy) is 1. The van der Waals surface area contributed by atoms with E-state index in [9.17, 15) is 0 Å². The van der Waals surface area contributed by atoms with Crippen LogP contribution in [-0.4, -0.2) is 13.5 Å². The number of amides is 1. The van der Waals surface area contributed by atoms with Crippen molar-refractivity contribution in [2.24, 2.45) is 5.84 Å². The molecule has 4 N–H and O–H groups in total. The molecule has 5 nitrogen and oxygen atoms in total. The normalized spacial score (nSPS) is 9.44. The first kappa shape index (κ1) is 26.7. The molecule has 0 aliphatic rings. The quantitative estimate of drug-likeness (QED) is 0.193. The Balaban J connectivity index is 0.000000769. The van der Waals surface area contributed by atoms with Gasteiger partial charge in [-0.3, -0.25) is 10.2 Å². The van der Waals surface area contributed by atoms with Crippen LogP contribution in [0, 0.1) is 13.8 Å². The standard InChI is InChI=1S/C24H27NO.C2H6.CH4N2O/c1-18-8-7-11-23(25-3)22(18)17-26-24-15-14-21(16-19(24)2)13-12-20-9-5-4-6-10-20;1-2;2-3-1-4/h4-11,14-16,25H,12-13,17H2,1-3H3;1-2H3;1H,2H2,(H,3,4). The Morgan fingerprint density at radius 2 is 1.53 bits per heavy atom. The van der Waals surface area contributed by atoms with E-state index in [1.54, 1.807) is 5.43 Å². The fourth-order valence-corrected chi connectivity index (χ4v) is 3.24. The highest BCUT2D eigenvalue weighted by Crippen LogP contribution is 2.25. The van der Waals surface area contributed by atoms with Crippen LogP contribution in [0.25, 0.3) is 0 Å².